The molecule has 0 aliphatic rings. The summed E-state index contributed by atoms with van der Waals surface area (Å²) in [5.41, 5.74) is 2.18. The van der Waals surface area contributed by atoms with Crippen LogP contribution in [0.4, 0.5) is 10.1 Å². The van der Waals surface area contributed by atoms with Crippen LogP contribution in [0.1, 0.15) is 18.4 Å². The Morgan fingerprint density at radius 3 is 2.41 bits per heavy atom. The van der Waals surface area contributed by atoms with Crippen LogP contribution in [0, 0.1) is 5.82 Å². The molecule has 174 valence electrons. The number of hydrogen-bond acceptors (Lipinski definition) is 5. The smallest absolute Gasteiger partial charge is 0.224 e. The van der Waals surface area contributed by atoms with Crippen molar-refractivity contribution in [3.63, 3.8) is 0 Å². The minimum atomic E-state index is -0.590. The summed E-state index contributed by atoms with van der Waals surface area (Å²) in [5, 5.41) is 3.39. The van der Waals surface area contributed by atoms with Crippen LogP contribution in [0.3, 0.4) is 0 Å². The molecule has 0 fully saturated rings. The van der Waals surface area contributed by atoms with E-state index in [4.69, 9.17) is 14.2 Å². The number of nitrogens with zero attached hydrogens (tertiary/aromatic N) is 1. The molecule has 0 spiro atoms. The fourth-order valence-corrected chi connectivity index (χ4v) is 3.64. The number of halogens is 1. The molecule has 3 aromatic carbocycles. The molecule has 0 radical (unpaired) electrons. The van der Waals surface area contributed by atoms with Gasteiger partial charge in [-0.05, 0) is 42.7 Å². The van der Waals surface area contributed by atoms with Crippen LogP contribution < -0.4 is 19.5 Å². The number of ether oxygens (including phenoxy) is 3. The molecule has 1 N–H and O–H groups in total. The lowest BCUT2D eigenvalue weighted by Crippen LogP contribution is -2.11. The summed E-state index contributed by atoms with van der Waals surface area (Å²) in [4.78, 5) is 16.6. The van der Waals surface area contributed by atoms with Gasteiger partial charge < -0.3 is 19.5 Å². The molecule has 0 aliphatic carbocycles. The highest BCUT2D eigenvalue weighted by molar-refractivity contribution is 5.91. The topological polar surface area (TPSA) is 69.7 Å². The normalized spacial score (nSPS) is 10.7. The number of aryl methyl sites for hydroxylation is 1. The van der Waals surface area contributed by atoms with E-state index in [2.05, 4.69) is 10.3 Å². The molecular weight excluding hydrogens is 435 g/mol. The molecule has 0 aliphatic heterocycles. The molecule has 1 amide bonds. The van der Waals surface area contributed by atoms with Gasteiger partial charge in [0.2, 0.25) is 5.91 Å². The SMILES string of the molecule is COc1cc2nccc(Oc3ccc(NC(=O)CCCc4ccccc4)cc3F)c2cc1OC. The molecule has 4 aromatic rings. The van der Waals surface area contributed by atoms with Crippen LogP contribution in [-0.4, -0.2) is 25.1 Å². The summed E-state index contributed by atoms with van der Waals surface area (Å²) >= 11 is 0. The first-order valence-electron chi connectivity index (χ1n) is 10.9. The number of hydrogen-bond donors (Lipinski definition) is 1. The van der Waals surface area contributed by atoms with E-state index >= 15 is 0 Å². The first-order valence-corrected chi connectivity index (χ1v) is 10.9. The van der Waals surface area contributed by atoms with Crippen molar-refractivity contribution >= 4 is 22.5 Å². The summed E-state index contributed by atoms with van der Waals surface area (Å²) in [6.45, 7) is 0. The van der Waals surface area contributed by atoms with Gasteiger partial charge in [-0.1, -0.05) is 30.3 Å². The number of carbonyl (C=O) groups is 1. The van der Waals surface area contributed by atoms with Crippen LogP contribution in [0.15, 0.2) is 72.9 Å². The predicted octanol–water partition coefficient (Wildman–Crippen LogP) is 6.14. The Bertz CT molecular complexity index is 1290. The van der Waals surface area contributed by atoms with E-state index in [9.17, 15) is 9.18 Å². The Hall–Kier alpha value is -4.13. The van der Waals surface area contributed by atoms with Gasteiger partial charge in [-0.25, -0.2) is 4.39 Å². The zero-order valence-electron chi connectivity index (χ0n) is 19.0. The minimum Gasteiger partial charge on any atom is -0.493 e. The number of benzene rings is 3. The van der Waals surface area contributed by atoms with Crippen LogP contribution in [-0.2, 0) is 11.2 Å². The van der Waals surface area contributed by atoms with E-state index in [1.807, 2.05) is 30.3 Å². The van der Waals surface area contributed by atoms with Gasteiger partial charge in [0, 0.05) is 35.8 Å². The molecule has 1 aromatic heterocycles. The van der Waals surface area contributed by atoms with Crippen LogP contribution >= 0.6 is 0 Å². The number of anilines is 1. The molecule has 0 atom stereocenters. The minimum absolute atomic E-state index is 0.0318. The third-order valence-corrected chi connectivity index (χ3v) is 5.35. The molecule has 34 heavy (non-hydrogen) atoms. The maximum absolute atomic E-state index is 14.8. The standard InChI is InChI=1S/C27H25FN2O4/c1-32-25-16-20-22(17-26(25)33-2)29-14-13-23(20)34-24-12-11-19(15-21(24)28)30-27(31)10-6-9-18-7-4-3-5-8-18/h3-5,7-8,11-17H,6,9-10H2,1-2H3,(H,30,31). The number of rotatable bonds is 9. The second-order valence-corrected chi connectivity index (χ2v) is 7.67. The maximum Gasteiger partial charge on any atom is 0.224 e. The average Bonchev–Trinajstić information content (AvgIpc) is 2.85. The van der Waals surface area contributed by atoms with Crippen LogP contribution in [0.2, 0.25) is 0 Å². The molecule has 7 heteroatoms. The Labute approximate surface area is 197 Å². The van der Waals surface area contributed by atoms with Gasteiger partial charge in [0.15, 0.2) is 23.1 Å². The quantitative estimate of drug-likeness (QED) is 0.325. The lowest BCUT2D eigenvalue weighted by atomic mass is 10.1. The summed E-state index contributed by atoms with van der Waals surface area (Å²) in [6, 6.07) is 19.4. The molecule has 1 heterocycles. The number of aromatic nitrogens is 1. The third kappa shape index (κ3) is 5.43. The first kappa shape index (κ1) is 23.0. The van der Waals surface area contributed by atoms with E-state index in [0.29, 0.717) is 46.7 Å². The Kier molecular flexibility index (Phi) is 7.22. The number of carbonyl (C=O) groups excluding carboxylic acids is 1. The van der Waals surface area contributed by atoms with Crippen molar-refractivity contribution in [2.24, 2.45) is 0 Å². The van der Waals surface area contributed by atoms with E-state index in [1.54, 1.807) is 37.6 Å². The highest BCUT2D eigenvalue weighted by Gasteiger charge is 2.14. The zero-order chi connectivity index (χ0) is 23.9. The fraction of sp³-hybridized carbons (Fsp3) is 0.185. The van der Waals surface area contributed by atoms with Gasteiger partial charge in [-0.15, -0.1) is 0 Å². The number of pyridine rings is 1. The number of nitrogens with one attached hydrogen (secondary N) is 1. The highest BCUT2D eigenvalue weighted by atomic mass is 19.1. The van der Waals surface area contributed by atoms with Gasteiger partial charge in [0.25, 0.3) is 0 Å². The van der Waals surface area contributed by atoms with E-state index < -0.39 is 5.82 Å². The second-order valence-electron chi connectivity index (χ2n) is 7.67. The van der Waals surface area contributed by atoms with E-state index in [0.717, 1.165) is 6.42 Å². The van der Waals surface area contributed by atoms with Crippen LogP contribution in [0.25, 0.3) is 10.9 Å². The Balaban J connectivity index is 1.43. The monoisotopic (exact) mass is 460 g/mol. The Morgan fingerprint density at radius 1 is 0.912 bits per heavy atom. The lowest BCUT2D eigenvalue weighted by Gasteiger charge is -2.13. The van der Waals surface area contributed by atoms with Crippen molar-refractivity contribution in [2.45, 2.75) is 19.3 Å². The van der Waals surface area contributed by atoms with Crippen molar-refractivity contribution in [1.29, 1.82) is 0 Å². The van der Waals surface area contributed by atoms with Gasteiger partial charge in [-0.3, -0.25) is 9.78 Å². The van der Waals surface area contributed by atoms with Crippen molar-refractivity contribution in [1.82, 2.24) is 4.98 Å². The van der Waals surface area contributed by atoms with Gasteiger partial charge in [-0.2, -0.15) is 0 Å². The van der Waals surface area contributed by atoms with Crippen molar-refractivity contribution in [2.75, 3.05) is 19.5 Å². The molecule has 0 unspecified atom stereocenters. The molecule has 4 rings (SSSR count). The largest absolute Gasteiger partial charge is 0.493 e. The average molecular weight is 461 g/mol. The number of methoxy groups -OCH3 is 2. The second kappa shape index (κ2) is 10.7. The summed E-state index contributed by atoms with van der Waals surface area (Å²) in [6.07, 6.45) is 3.45. The molecule has 0 bridgehead atoms. The van der Waals surface area contributed by atoms with E-state index in [-0.39, 0.29) is 11.7 Å². The summed E-state index contributed by atoms with van der Waals surface area (Å²) in [7, 11) is 3.08. The van der Waals surface area contributed by atoms with Crippen molar-refractivity contribution in [3.8, 4) is 23.0 Å². The van der Waals surface area contributed by atoms with Crippen molar-refractivity contribution < 1.29 is 23.4 Å². The number of fused-ring (bicyclic) bond motifs is 1. The van der Waals surface area contributed by atoms with Gasteiger partial charge in [0.1, 0.15) is 5.75 Å². The summed E-state index contributed by atoms with van der Waals surface area (Å²) < 4.78 is 31.3. The zero-order valence-corrected chi connectivity index (χ0v) is 19.0. The Morgan fingerprint density at radius 2 is 1.68 bits per heavy atom. The highest BCUT2D eigenvalue weighted by Crippen LogP contribution is 2.37. The fourth-order valence-electron chi connectivity index (χ4n) is 3.64. The van der Waals surface area contributed by atoms with E-state index in [1.165, 1.54) is 24.8 Å². The third-order valence-electron chi connectivity index (χ3n) is 5.35. The molecule has 6 nitrogen and oxygen atoms in total. The maximum atomic E-state index is 14.8. The first-order chi connectivity index (χ1) is 16.6. The van der Waals surface area contributed by atoms with Gasteiger partial charge >= 0.3 is 0 Å². The van der Waals surface area contributed by atoms with Gasteiger partial charge in [0.05, 0.1) is 19.7 Å². The molecule has 0 saturated carbocycles. The predicted molar refractivity (Wildman–Crippen MR) is 129 cm³/mol. The molecule has 0 saturated heterocycles. The lowest BCUT2D eigenvalue weighted by molar-refractivity contribution is -0.116. The van der Waals surface area contributed by atoms with Crippen molar-refractivity contribution in [3.05, 3.63) is 84.3 Å². The molecular formula is C27H25FN2O4. The summed E-state index contributed by atoms with van der Waals surface area (Å²) in [5.74, 6) is 0.748. The van der Waals surface area contributed by atoms with Crippen LogP contribution in [0.5, 0.6) is 23.0 Å². The number of amides is 1.